The van der Waals surface area contributed by atoms with E-state index in [0.29, 0.717) is 5.41 Å². The number of allylic oxidation sites excluding steroid dienone is 4. The first-order valence-electron chi connectivity index (χ1n) is 5.77. The molecule has 0 bridgehead atoms. The Bertz CT molecular complexity index is 315. The molecule has 0 heterocycles. The average molecular weight is 190 g/mol. The number of hydrogen-bond donors (Lipinski definition) is 0. The lowest BCUT2D eigenvalue weighted by atomic mass is 9.79. The van der Waals surface area contributed by atoms with Crippen LogP contribution in [0.4, 0.5) is 0 Å². The van der Waals surface area contributed by atoms with Crippen LogP contribution in [0.1, 0.15) is 47.5 Å². The van der Waals surface area contributed by atoms with Crippen molar-refractivity contribution in [3.63, 3.8) is 0 Å². The second-order valence-corrected chi connectivity index (χ2v) is 6.00. The third kappa shape index (κ3) is 1.45. The monoisotopic (exact) mass is 190 g/mol. The molecule has 2 unspecified atom stereocenters. The molecule has 0 nitrogen and oxygen atoms in total. The van der Waals surface area contributed by atoms with Gasteiger partial charge in [0.15, 0.2) is 0 Å². The number of fused-ring (bicyclic) bond motifs is 1. The molecule has 0 aromatic rings. The van der Waals surface area contributed by atoms with Crippen LogP contribution in [0.25, 0.3) is 0 Å². The molecule has 0 saturated heterocycles. The molecule has 0 aromatic heterocycles. The van der Waals surface area contributed by atoms with Gasteiger partial charge in [-0.1, -0.05) is 31.1 Å². The standard InChI is InChI=1S/C14H22/c1-9-6-12-7-14(4,5)8-13(12)11(3)10(9)2/h6,12-13H,7-8H2,1-5H3. The van der Waals surface area contributed by atoms with Crippen molar-refractivity contribution in [1.82, 2.24) is 0 Å². The molecular weight excluding hydrogens is 168 g/mol. The van der Waals surface area contributed by atoms with Crippen LogP contribution in [-0.2, 0) is 0 Å². The molecule has 0 amide bonds. The lowest BCUT2D eigenvalue weighted by molar-refractivity contribution is 0.367. The fourth-order valence-electron chi connectivity index (χ4n) is 3.29. The Kier molecular flexibility index (Phi) is 2.13. The largest absolute Gasteiger partial charge is 0.0776 e. The van der Waals surface area contributed by atoms with E-state index in [4.69, 9.17) is 0 Å². The minimum Gasteiger partial charge on any atom is -0.0776 e. The van der Waals surface area contributed by atoms with Gasteiger partial charge in [0.25, 0.3) is 0 Å². The fraction of sp³-hybridized carbons (Fsp3) is 0.714. The van der Waals surface area contributed by atoms with Crippen molar-refractivity contribution >= 4 is 0 Å². The van der Waals surface area contributed by atoms with Crippen LogP contribution in [0.3, 0.4) is 0 Å². The van der Waals surface area contributed by atoms with Crippen LogP contribution in [-0.4, -0.2) is 0 Å². The van der Waals surface area contributed by atoms with Gasteiger partial charge < -0.3 is 0 Å². The average Bonchev–Trinajstić information content (AvgIpc) is 2.37. The Balaban J connectivity index is 2.35. The molecule has 0 radical (unpaired) electrons. The molecule has 0 aromatic carbocycles. The van der Waals surface area contributed by atoms with Crippen LogP contribution < -0.4 is 0 Å². The van der Waals surface area contributed by atoms with Gasteiger partial charge in [-0.15, -0.1) is 0 Å². The summed E-state index contributed by atoms with van der Waals surface area (Å²) in [5.41, 5.74) is 5.27. The quantitative estimate of drug-likeness (QED) is 0.533. The van der Waals surface area contributed by atoms with Gasteiger partial charge in [-0.05, 0) is 56.4 Å². The maximum atomic E-state index is 2.52. The first-order chi connectivity index (χ1) is 6.41. The zero-order valence-corrected chi connectivity index (χ0v) is 10.1. The normalized spacial score (nSPS) is 35.6. The Labute approximate surface area is 88.1 Å². The summed E-state index contributed by atoms with van der Waals surface area (Å²) in [5.74, 6) is 1.67. The van der Waals surface area contributed by atoms with E-state index >= 15 is 0 Å². The summed E-state index contributed by atoms with van der Waals surface area (Å²) < 4.78 is 0. The van der Waals surface area contributed by atoms with E-state index in [1.165, 1.54) is 18.4 Å². The Morgan fingerprint density at radius 3 is 2.43 bits per heavy atom. The molecule has 1 saturated carbocycles. The van der Waals surface area contributed by atoms with E-state index in [1.54, 1.807) is 11.1 Å². The molecule has 0 aliphatic heterocycles. The lowest BCUT2D eigenvalue weighted by Gasteiger charge is -2.26. The summed E-state index contributed by atoms with van der Waals surface area (Å²) in [5, 5.41) is 0. The summed E-state index contributed by atoms with van der Waals surface area (Å²) in [6.07, 6.45) is 5.27. The van der Waals surface area contributed by atoms with Gasteiger partial charge in [0.05, 0.1) is 0 Å². The smallest absolute Gasteiger partial charge is 0.0132 e. The molecule has 78 valence electrons. The lowest BCUT2D eigenvalue weighted by Crippen LogP contribution is -2.13. The van der Waals surface area contributed by atoms with E-state index in [0.717, 1.165) is 11.8 Å². The molecule has 14 heavy (non-hydrogen) atoms. The van der Waals surface area contributed by atoms with Gasteiger partial charge in [-0.2, -0.15) is 0 Å². The summed E-state index contributed by atoms with van der Waals surface area (Å²) in [4.78, 5) is 0. The molecular formula is C14H22. The predicted molar refractivity (Wildman–Crippen MR) is 62.1 cm³/mol. The molecule has 2 atom stereocenters. The van der Waals surface area contributed by atoms with Crippen molar-refractivity contribution in [3.05, 3.63) is 22.8 Å². The summed E-state index contributed by atoms with van der Waals surface area (Å²) in [7, 11) is 0. The van der Waals surface area contributed by atoms with Crippen LogP contribution in [0.2, 0.25) is 0 Å². The van der Waals surface area contributed by atoms with Crippen LogP contribution in [0.15, 0.2) is 22.8 Å². The Morgan fingerprint density at radius 1 is 1.14 bits per heavy atom. The molecule has 1 fully saturated rings. The molecule has 0 spiro atoms. The predicted octanol–water partition coefficient (Wildman–Crippen LogP) is 4.34. The minimum absolute atomic E-state index is 0.554. The van der Waals surface area contributed by atoms with Crippen LogP contribution in [0, 0.1) is 17.3 Å². The molecule has 0 N–H and O–H groups in total. The fourth-order valence-corrected chi connectivity index (χ4v) is 3.29. The first-order valence-corrected chi connectivity index (χ1v) is 5.77. The van der Waals surface area contributed by atoms with Gasteiger partial charge in [0.1, 0.15) is 0 Å². The van der Waals surface area contributed by atoms with Gasteiger partial charge in [0, 0.05) is 0 Å². The second-order valence-electron chi connectivity index (χ2n) is 6.00. The van der Waals surface area contributed by atoms with E-state index in [1.807, 2.05) is 0 Å². The Morgan fingerprint density at radius 2 is 1.79 bits per heavy atom. The van der Waals surface area contributed by atoms with Gasteiger partial charge in [-0.25, -0.2) is 0 Å². The summed E-state index contributed by atoms with van der Waals surface area (Å²) in [6, 6.07) is 0. The topological polar surface area (TPSA) is 0 Å². The Hall–Kier alpha value is -0.520. The minimum atomic E-state index is 0.554. The van der Waals surface area contributed by atoms with Gasteiger partial charge >= 0.3 is 0 Å². The first kappa shape index (κ1) is 10.0. The van der Waals surface area contributed by atoms with Crippen molar-refractivity contribution in [2.75, 3.05) is 0 Å². The van der Waals surface area contributed by atoms with Gasteiger partial charge in [-0.3, -0.25) is 0 Å². The molecule has 0 heteroatoms. The van der Waals surface area contributed by atoms with Crippen molar-refractivity contribution in [2.45, 2.75) is 47.5 Å². The van der Waals surface area contributed by atoms with Crippen molar-refractivity contribution < 1.29 is 0 Å². The van der Waals surface area contributed by atoms with E-state index in [9.17, 15) is 0 Å². The van der Waals surface area contributed by atoms with E-state index < -0.39 is 0 Å². The highest BCUT2D eigenvalue weighted by atomic mass is 14.4. The van der Waals surface area contributed by atoms with Gasteiger partial charge in [0.2, 0.25) is 0 Å². The van der Waals surface area contributed by atoms with Crippen molar-refractivity contribution in [2.24, 2.45) is 17.3 Å². The molecule has 2 aliphatic carbocycles. The zero-order valence-electron chi connectivity index (χ0n) is 10.1. The van der Waals surface area contributed by atoms with E-state index in [2.05, 4.69) is 40.7 Å². The van der Waals surface area contributed by atoms with Crippen molar-refractivity contribution in [3.8, 4) is 0 Å². The molecule has 2 rings (SSSR count). The second kappa shape index (κ2) is 2.98. The third-order valence-corrected chi connectivity index (χ3v) is 4.28. The number of hydrogen-bond acceptors (Lipinski definition) is 0. The highest BCUT2D eigenvalue weighted by Crippen LogP contribution is 2.51. The summed E-state index contributed by atoms with van der Waals surface area (Å²) >= 11 is 0. The summed E-state index contributed by atoms with van der Waals surface area (Å²) in [6.45, 7) is 11.7. The third-order valence-electron chi connectivity index (χ3n) is 4.28. The highest BCUT2D eigenvalue weighted by molar-refractivity contribution is 5.38. The van der Waals surface area contributed by atoms with Crippen LogP contribution in [0.5, 0.6) is 0 Å². The van der Waals surface area contributed by atoms with E-state index in [-0.39, 0.29) is 0 Å². The number of rotatable bonds is 0. The zero-order chi connectivity index (χ0) is 10.5. The molecule has 2 aliphatic rings. The highest BCUT2D eigenvalue weighted by Gasteiger charge is 2.40. The SMILES string of the molecule is CC1=CC2CC(C)(C)CC2C(C)=C1C. The maximum Gasteiger partial charge on any atom is -0.0132 e. The van der Waals surface area contributed by atoms with Crippen molar-refractivity contribution in [1.29, 1.82) is 0 Å². The van der Waals surface area contributed by atoms with Crippen LogP contribution >= 0.6 is 0 Å². The maximum absolute atomic E-state index is 2.52.